The zero-order chi connectivity index (χ0) is 15.7. The Morgan fingerprint density at radius 3 is 2.62 bits per heavy atom. The van der Waals surface area contributed by atoms with Crippen molar-refractivity contribution in [1.82, 2.24) is 10.2 Å². The first-order valence-corrected chi connectivity index (χ1v) is 7.85. The maximum atomic E-state index is 12.2. The van der Waals surface area contributed by atoms with Crippen LogP contribution < -0.4 is 5.32 Å². The first-order valence-electron chi connectivity index (χ1n) is 7.85. The van der Waals surface area contributed by atoms with Crippen molar-refractivity contribution in [2.24, 2.45) is 0 Å². The van der Waals surface area contributed by atoms with Gasteiger partial charge in [0.1, 0.15) is 6.04 Å². The van der Waals surface area contributed by atoms with Crippen LogP contribution >= 0.6 is 0 Å². The van der Waals surface area contributed by atoms with Gasteiger partial charge in [-0.3, -0.25) is 14.4 Å². The van der Waals surface area contributed by atoms with Crippen molar-refractivity contribution in [3.63, 3.8) is 0 Å². The summed E-state index contributed by atoms with van der Waals surface area (Å²) in [5.41, 5.74) is 0. The maximum Gasteiger partial charge on any atom is 0.303 e. The van der Waals surface area contributed by atoms with Crippen LogP contribution in [0.4, 0.5) is 0 Å². The van der Waals surface area contributed by atoms with Crippen LogP contribution in [0.2, 0.25) is 0 Å². The van der Waals surface area contributed by atoms with Crippen LogP contribution in [-0.4, -0.2) is 46.9 Å². The van der Waals surface area contributed by atoms with Gasteiger partial charge in [-0.15, -0.1) is 0 Å². The van der Waals surface area contributed by atoms with Gasteiger partial charge in [-0.1, -0.05) is 6.92 Å². The fourth-order valence-corrected chi connectivity index (χ4v) is 2.59. The lowest BCUT2D eigenvalue weighted by atomic mass is 10.0. The van der Waals surface area contributed by atoms with E-state index in [1.54, 1.807) is 4.90 Å². The number of carbonyl (C=O) groups is 3. The van der Waals surface area contributed by atoms with Gasteiger partial charge in [0.15, 0.2) is 0 Å². The molecule has 1 rings (SSSR count). The van der Waals surface area contributed by atoms with E-state index < -0.39 is 5.97 Å². The second-order valence-electron chi connectivity index (χ2n) is 5.49. The average molecular weight is 298 g/mol. The number of carboxylic acid groups (broad SMARTS) is 1. The van der Waals surface area contributed by atoms with Gasteiger partial charge >= 0.3 is 5.97 Å². The van der Waals surface area contributed by atoms with Crippen LogP contribution in [0.5, 0.6) is 0 Å². The largest absolute Gasteiger partial charge is 0.481 e. The molecule has 2 N–H and O–H groups in total. The van der Waals surface area contributed by atoms with Crippen molar-refractivity contribution >= 4 is 17.8 Å². The highest BCUT2D eigenvalue weighted by atomic mass is 16.4. The van der Waals surface area contributed by atoms with Crippen molar-refractivity contribution in [1.29, 1.82) is 0 Å². The van der Waals surface area contributed by atoms with E-state index >= 15 is 0 Å². The van der Waals surface area contributed by atoms with Crippen LogP contribution in [0.15, 0.2) is 0 Å². The summed E-state index contributed by atoms with van der Waals surface area (Å²) < 4.78 is 0. The number of carbonyl (C=O) groups excluding carboxylic acids is 2. The summed E-state index contributed by atoms with van der Waals surface area (Å²) in [5, 5.41) is 11.4. The van der Waals surface area contributed by atoms with Crippen LogP contribution in [-0.2, 0) is 14.4 Å². The number of likely N-dealkylation sites (tertiary alicyclic amines) is 1. The fourth-order valence-electron chi connectivity index (χ4n) is 2.59. The van der Waals surface area contributed by atoms with E-state index in [1.165, 1.54) is 0 Å². The maximum absolute atomic E-state index is 12.2. The van der Waals surface area contributed by atoms with E-state index in [-0.39, 0.29) is 24.3 Å². The molecule has 0 spiro atoms. The number of nitrogens with one attached hydrogen (secondary N) is 1. The molecule has 120 valence electrons. The third kappa shape index (κ3) is 6.14. The third-order valence-electron chi connectivity index (χ3n) is 3.71. The minimum absolute atomic E-state index is 0.0585. The molecule has 0 saturated carbocycles. The summed E-state index contributed by atoms with van der Waals surface area (Å²) in [4.78, 5) is 36.3. The van der Waals surface area contributed by atoms with Gasteiger partial charge in [-0.05, 0) is 38.5 Å². The lowest BCUT2D eigenvalue weighted by molar-refractivity contribution is -0.142. The molecule has 0 aliphatic carbocycles. The highest BCUT2D eigenvalue weighted by Crippen LogP contribution is 2.18. The number of piperidine rings is 1. The molecule has 1 fully saturated rings. The Labute approximate surface area is 125 Å². The van der Waals surface area contributed by atoms with Gasteiger partial charge in [-0.2, -0.15) is 0 Å². The lowest BCUT2D eigenvalue weighted by Crippen LogP contribution is -2.52. The van der Waals surface area contributed by atoms with Crippen LogP contribution in [0.1, 0.15) is 58.3 Å². The summed E-state index contributed by atoms with van der Waals surface area (Å²) in [6.07, 6.45) is 5.25. The van der Waals surface area contributed by atoms with Crippen molar-refractivity contribution in [2.45, 2.75) is 64.3 Å². The molecule has 21 heavy (non-hydrogen) atoms. The Bertz CT molecular complexity index is 371. The van der Waals surface area contributed by atoms with E-state index in [0.29, 0.717) is 32.4 Å². The smallest absolute Gasteiger partial charge is 0.303 e. The zero-order valence-corrected chi connectivity index (χ0v) is 12.8. The number of aliphatic carboxylic acids is 1. The van der Waals surface area contributed by atoms with Crippen LogP contribution in [0, 0.1) is 0 Å². The average Bonchev–Trinajstić information content (AvgIpc) is 2.46. The first kappa shape index (κ1) is 17.5. The van der Waals surface area contributed by atoms with E-state index in [4.69, 9.17) is 5.11 Å². The Hall–Kier alpha value is -1.59. The molecule has 2 amide bonds. The SMILES string of the molecule is CCCC(=O)N1CCCCC1C(=O)NCCCCC(=O)O. The molecule has 1 atom stereocenters. The molecule has 0 aromatic carbocycles. The van der Waals surface area contributed by atoms with E-state index in [0.717, 1.165) is 25.7 Å². The number of unbranched alkanes of at least 4 members (excludes halogenated alkanes) is 1. The molecular weight excluding hydrogens is 272 g/mol. The second kappa shape index (κ2) is 9.37. The molecule has 6 heteroatoms. The predicted molar refractivity (Wildman–Crippen MR) is 78.8 cm³/mol. The predicted octanol–water partition coefficient (Wildman–Crippen LogP) is 1.54. The van der Waals surface area contributed by atoms with E-state index in [9.17, 15) is 14.4 Å². The quantitative estimate of drug-likeness (QED) is 0.665. The van der Waals surface area contributed by atoms with E-state index in [1.807, 2.05) is 6.92 Å². The molecule has 0 bridgehead atoms. The highest BCUT2D eigenvalue weighted by molar-refractivity contribution is 5.87. The second-order valence-corrected chi connectivity index (χ2v) is 5.49. The number of amides is 2. The normalized spacial score (nSPS) is 18.3. The Morgan fingerprint density at radius 2 is 1.95 bits per heavy atom. The third-order valence-corrected chi connectivity index (χ3v) is 3.71. The van der Waals surface area contributed by atoms with Crippen LogP contribution in [0.25, 0.3) is 0 Å². The number of hydrogen-bond acceptors (Lipinski definition) is 3. The Kier molecular flexibility index (Phi) is 7.79. The first-order chi connectivity index (χ1) is 10.1. The molecule has 1 aliphatic rings. The monoisotopic (exact) mass is 298 g/mol. The zero-order valence-electron chi connectivity index (χ0n) is 12.8. The van der Waals surface area contributed by atoms with Gasteiger partial charge in [0.25, 0.3) is 0 Å². The minimum Gasteiger partial charge on any atom is -0.481 e. The summed E-state index contributed by atoms with van der Waals surface area (Å²) >= 11 is 0. The summed E-state index contributed by atoms with van der Waals surface area (Å²) in [6, 6.07) is -0.350. The summed E-state index contributed by atoms with van der Waals surface area (Å²) in [7, 11) is 0. The summed E-state index contributed by atoms with van der Waals surface area (Å²) in [6.45, 7) is 3.09. The standard InChI is InChI=1S/C15H26N2O4/c1-2-7-13(18)17-11-6-4-8-12(17)15(21)16-10-5-3-9-14(19)20/h12H,2-11H2,1H3,(H,16,21)(H,19,20). The van der Waals surface area contributed by atoms with Gasteiger partial charge in [-0.25, -0.2) is 0 Å². The van der Waals surface area contributed by atoms with Crippen molar-refractivity contribution < 1.29 is 19.5 Å². The summed E-state index contributed by atoms with van der Waals surface area (Å²) in [5.74, 6) is -0.859. The number of rotatable bonds is 8. The van der Waals surface area contributed by atoms with Crippen molar-refractivity contribution in [3.8, 4) is 0 Å². The van der Waals surface area contributed by atoms with E-state index in [2.05, 4.69) is 5.32 Å². The molecule has 0 radical (unpaired) electrons. The van der Waals surface area contributed by atoms with Crippen LogP contribution in [0.3, 0.4) is 0 Å². The molecule has 0 aromatic heterocycles. The van der Waals surface area contributed by atoms with Gasteiger partial charge in [0.05, 0.1) is 0 Å². The van der Waals surface area contributed by atoms with Gasteiger partial charge in [0.2, 0.25) is 11.8 Å². The fraction of sp³-hybridized carbons (Fsp3) is 0.800. The Morgan fingerprint density at radius 1 is 1.19 bits per heavy atom. The molecule has 0 aromatic rings. The van der Waals surface area contributed by atoms with Gasteiger partial charge < -0.3 is 15.3 Å². The number of nitrogens with zero attached hydrogens (tertiary/aromatic N) is 1. The molecule has 1 heterocycles. The van der Waals surface area contributed by atoms with Crippen molar-refractivity contribution in [3.05, 3.63) is 0 Å². The highest BCUT2D eigenvalue weighted by Gasteiger charge is 2.31. The number of hydrogen-bond donors (Lipinski definition) is 2. The molecule has 1 saturated heterocycles. The topological polar surface area (TPSA) is 86.7 Å². The Balaban J connectivity index is 2.38. The van der Waals surface area contributed by atoms with Crippen molar-refractivity contribution in [2.75, 3.05) is 13.1 Å². The minimum atomic E-state index is -0.815. The molecular formula is C15H26N2O4. The molecule has 1 aliphatic heterocycles. The van der Waals surface area contributed by atoms with Gasteiger partial charge in [0, 0.05) is 25.9 Å². The molecule has 6 nitrogen and oxygen atoms in total. The lowest BCUT2D eigenvalue weighted by Gasteiger charge is -2.34. The number of carboxylic acids is 1. The molecule has 1 unspecified atom stereocenters.